The molecule has 0 saturated carbocycles. The lowest BCUT2D eigenvalue weighted by molar-refractivity contribution is -0.136. The summed E-state index contributed by atoms with van der Waals surface area (Å²) in [6.07, 6.45) is 3.33. The third-order valence-electron chi connectivity index (χ3n) is 3.48. The Kier molecular flexibility index (Phi) is 4.21. The maximum Gasteiger partial charge on any atom is 0.352 e. The minimum absolute atomic E-state index is 0.00749. The summed E-state index contributed by atoms with van der Waals surface area (Å²) in [7, 11) is 1.50. The Bertz CT molecular complexity index is 461. The summed E-state index contributed by atoms with van der Waals surface area (Å²) >= 11 is 0. The number of aromatic carboxylic acids is 1. The van der Waals surface area contributed by atoms with Crippen LogP contribution in [0.2, 0.25) is 0 Å². The van der Waals surface area contributed by atoms with Crippen molar-refractivity contribution in [1.29, 1.82) is 0 Å². The molecular formula is C13H18N2O4. The molecule has 1 saturated heterocycles. The summed E-state index contributed by atoms with van der Waals surface area (Å²) in [5, 5.41) is 9.09. The number of carboxylic acids is 1. The SMILES string of the molecule is COCC(=O)N1CCC(n2cccc2C(=O)O)CC1. The van der Waals surface area contributed by atoms with Gasteiger partial charge in [0.15, 0.2) is 0 Å². The molecule has 1 aliphatic rings. The van der Waals surface area contributed by atoms with Gasteiger partial charge in [0.25, 0.3) is 0 Å². The summed E-state index contributed by atoms with van der Waals surface area (Å²) in [5.41, 5.74) is 0.307. The van der Waals surface area contributed by atoms with Crippen LogP contribution in [0.1, 0.15) is 29.4 Å². The Morgan fingerprint density at radius 1 is 1.42 bits per heavy atom. The normalized spacial score (nSPS) is 16.6. The highest BCUT2D eigenvalue weighted by atomic mass is 16.5. The average Bonchev–Trinajstić information content (AvgIpc) is 2.88. The van der Waals surface area contributed by atoms with Crippen LogP contribution in [0.4, 0.5) is 0 Å². The fourth-order valence-electron chi connectivity index (χ4n) is 2.50. The number of rotatable bonds is 4. The Morgan fingerprint density at radius 2 is 2.11 bits per heavy atom. The number of piperidine rings is 1. The van der Waals surface area contributed by atoms with Crippen molar-refractivity contribution in [3.05, 3.63) is 24.0 Å². The van der Waals surface area contributed by atoms with Crippen LogP contribution >= 0.6 is 0 Å². The Hall–Kier alpha value is -1.82. The molecule has 0 aliphatic carbocycles. The fourth-order valence-corrected chi connectivity index (χ4v) is 2.50. The van der Waals surface area contributed by atoms with Crippen molar-refractivity contribution in [1.82, 2.24) is 9.47 Å². The second kappa shape index (κ2) is 5.88. The zero-order valence-corrected chi connectivity index (χ0v) is 10.9. The van der Waals surface area contributed by atoms with E-state index in [4.69, 9.17) is 9.84 Å². The van der Waals surface area contributed by atoms with Crippen LogP contribution in [0, 0.1) is 0 Å². The van der Waals surface area contributed by atoms with Crippen molar-refractivity contribution in [2.24, 2.45) is 0 Å². The molecule has 0 unspecified atom stereocenters. The summed E-state index contributed by atoms with van der Waals surface area (Å²) in [6.45, 7) is 1.39. The average molecular weight is 266 g/mol. The van der Waals surface area contributed by atoms with E-state index in [0.29, 0.717) is 18.8 Å². The molecule has 2 rings (SSSR count). The number of carbonyl (C=O) groups is 2. The van der Waals surface area contributed by atoms with Gasteiger partial charge in [-0.15, -0.1) is 0 Å². The van der Waals surface area contributed by atoms with E-state index < -0.39 is 5.97 Å². The lowest BCUT2D eigenvalue weighted by atomic mass is 10.0. The molecule has 1 fully saturated rings. The molecule has 1 amide bonds. The number of methoxy groups -OCH3 is 1. The van der Waals surface area contributed by atoms with E-state index in [-0.39, 0.29) is 18.6 Å². The first-order valence-corrected chi connectivity index (χ1v) is 6.30. The third kappa shape index (κ3) is 2.96. The first kappa shape index (κ1) is 13.6. The number of nitrogens with zero attached hydrogens (tertiary/aromatic N) is 2. The minimum atomic E-state index is -0.914. The first-order chi connectivity index (χ1) is 9.13. The van der Waals surface area contributed by atoms with Gasteiger partial charge in [0, 0.05) is 32.4 Å². The standard InChI is InChI=1S/C13H18N2O4/c1-19-9-12(16)14-7-4-10(5-8-14)15-6-2-3-11(15)13(17)18/h2-3,6,10H,4-5,7-9H2,1H3,(H,17,18). The smallest absolute Gasteiger partial charge is 0.352 e. The Balaban J connectivity index is 1.98. The Labute approximate surface area is 111 Å². The van der Waals surface area contributed by atoms with Crippen molar-refractivity contribution in [3.63, 3.8) is 0 Å². The summed E-state index contributed by atoms with van der Waals surface area (Å²) in [5.74, 6) is -0.921. The van der Waals surface area contributed by atoms with Crippen LogP contribution in [-0.4, -0.2) is 53.3 Å². The number of likely N-dealkylation sites (tertiary alicyclic amines) is 1. The molecule has 2 heterocycles. The molecule has 19 heavy (non-hydrogen) atoms. The second-order valence-corrected chi connectivity index (χ2v) is 4.65. The quantitative estimate of drug-likeness (QED) is 0.882. The highest BCUT2D eigenvalue weighted by Crippen LogP contribution is 2.24. The van der Waals surface area contributed by atoms with E-state index in [0.717, 1.165) is 12.8 Å². The van der Waals surface area contributed by atoms with Gasteiger partial charge in [0.2, 0.25) is 5.91 Å². The van der Waals surface area contributed by atoms with E-state index in [1.807, 2.05) is 0 Å². The summed E-state index contributed by atoms with van der Waals surface area (Å²) in [6, 6.07) is 3.49. The highest BCUT2D eigenvalue weighted by molar-refractivity contribution is 5.85. The number of hydrogen-bond acceptors (Lipinski definition) is 3. The third-order valence-corrected chi connectivity index (χ3v) is 3.48. The van der Waals surface area contributed by atoms with Crippen molar-refractivity contribution in [2.75, 3.05) is 26.8 Å². The maximum atomic E-state index is 11.7. The van der Waals surface area contributed by atoms with Crippen molar-refractivity contribution < 1.29 is 19.4 Å². The number of aromatic nitrogens is 1. The molecule has 1 N–H and O–H groups in total. The zero-order valence-electron chi connectivity index (χ0n) is 10.9. The monoisotopic (exact) mass is 266 g/mol. The van der Waals surface area contributed by atoms with Crippen LogP contribution in [0.15, 0.2) is 18.3 Å². The predicted molar refractivity (Wildman–Crippen MR) is 68.1 cm³/mol. The van der Waals surface area contributed by atoms with Crippen LogP contribution < -0.4 is 0 Å². The number of ether oxygens (including phenoxy) is 1. The van der Waals surface area contributed by atoms with Gasteiger partial charge in [-0.2, -0.15) is 0 Å². The lowest BCUT2D eigenvalue weighted by Gasteiger charge is -2.33. The molecule has 0 atom stereocenters. The van der Waals surface area contributed by atoms with E-state index in [1.165, 1.54) is 7.11 Å². The molecule has 104 valence electrons. The van der Waals surface area contributed by atoms with Gasteiger partial charge in [-0.05, 0) is 25.0 Å². The van der Waals surface area contributed by atoms with Gasteiger partial charge < -0.3 is 19.3 Å². The van der Waals surface area contributed by atoms with E-state index in [9.17, 15) is 9.59 Å². The number of amides is 1. The molecular weight excluding hydrogens is 248 g/mol. The largest absolute Gasteiger partial charge is 0.477 e. The van der Waals surface area contributed by atoms with Gasteiger partial charge in [-0.25, -0.2) is 4.79 Å². The lowest BCUT2D eigenvalue weighted by Crippen LogP contribution is -2.41. The Morgan fingerprint density at radius 3 is 2.68 bits per heavy atom. The van der Waals surface area contributed by atoms with Crippen molar-refractivity contribution >= 4 is 11.9 Å². The van der Waals surface area contributed by atoms with Crippen LogP contribution in [0.3, 0.4) is 0 Å². The number of carboxylic acid groups (broad SMARTS) is 1. The number of hydrogen-bond donors (Lipinski definition) is 1. The van der Waals surface area contributed by atoms with Gasteiger partial charge in [0.1, 0.15) is 12.3 Å². The molecule has 1 aromatic heterocycles. The first-order valence-electron chi connectivity index (χ1n) is 6.30. The molecule has 6 heteroatoms. The van der Waals surface area contributed by atoms with Crippen molar-refractivity contribution in [2.45, 2.75) is 18.9 Å². The highest BCUT2D eigenvalue weighted by Gasteiger charge is 2.25. The van der Waals surface area contributed by atoms with Gasteiger partial charge in [-0.3, -0.25) is 4.79 Å². The molecule has 0 spiro atoms. The number of carbonyl (C=O) groups excluding carboxylic acids is 1. The van der Waals surface area contributed by atoms with E-state index in [2.05, 4.69) is 0 Å². The molecule has 1 aromatic rings. The van der Waals surface area contributed by atoms with Crippen LogP contribution in [0.5, 0.6) is 0 Å². The van der Waals surface area contributed by atoms with Crippen LogP contribution in [-0.2, 0) is 9.53 Å². The second-order valence-electron chi connectivity index (χ2n) is 4.65. The predicted octanol–water partition coefficient (Wildman–Crippen LogP) is 0.996. The maximum absolute atomic E-state index is 11.7. The topological polar surface area (TPSA) is 71.8 Å². The van der Waals surface area contributed by atoms with Gasteiger partial charge in [-0.1, -0.05) is 0 Å². The fraction of sp³-hybridized carbons (Fsp3) is 0.538. The molecule has 0 bridgehead atoms. The van der Waals surface area contributed by atoms with Gasteiger partial charge >= 0.3 is 5.97 Å². The van der Waals surface area contributed by atoms with E-state index >= 15 is 0 Å². The van der Waals surface area contributed by atoms with Crippen molar-refractivity contribution in [3.8, 4) is 0 Å². The summed E-state index contributed by atoms with van der Waals surface area (Å²) in [4.78, 5) is 24.5. The summed E-state index contributed by atoms with van der Waals surface area (Å²) < 4.78 is 6.62. The molecule has 0 aromatic carbocycles. The molecule has 1 aliphatic heterocycles. The zero-order chi connectivity index (χ0) is 13.8. The molecule has 0 radical (unpaired) electrons. The van der Waals surface area contributed by atoms with E-state index in [1.54, 1.807) is 27.8 Å². The van der Waals surface area contributed by atoms with Gasteiger partial charge in [0.05, 0.1) is 0 Å². The molecule has 6 nitrogen and oxygen atoms in total. The minimum Gasteiger partial charge on any atom is -0.477 e. The van der Waals surface area contributed by atoms with Crippen LogP contribution in [0.25, 0.3) is 0 Å².